The van der Waals surface area contributed by atoms with Gasteiger partial charge in [0.2, 0.25) is 5.91 Å². The second-order valence-corrected chi connectivity index (χ2v) is 4.61. The number of halogens is 2. The smallest absolute Gasteiger partial charge is 0.239 e. The molecule has 1 atom stereocenters. The second kappa shape index (κ2) is 5.53. The van der Waals surface area contributed by atoms with Crippen LogP contribution < -0.4 is 5.73 Å². The third kappa shape index (κ3) is 3.37. The highest BCUT2D eigenvalue weighted by Gasteiger charge is 2.16. The average molecular weight is 261 g/mol. The molecule has 1 rings (SSSR count). The minimum atomic E-state index is -0.549. The molecular weight excluding hydrogens is 247 g/mol. The number of carbonyl (C=O) groups excluding carboxylic acids is 1. The molecule has 0 heterocycles. The molecule has 1 aromatic carbocycles. The standard InChI is InChI=1S/C11H14Cl2N2O/c1-15(2)11(16)10(14)6-7-3-4-8(12)9(13)5-7/h3-5,10H,6,14H2,1-2H3. The van der Waals surface area contributed by atoms with Crippen LogP contribution in [0.15, 0.2) is 18.2 Å². The molecule has 1 aromatic rings. The molecule has 3 nitrogen and oxygen atoms in total. The monoisotopic (exact) mass is 260 g/mol. The lowest BCUT2D eigenvalue weighted by molar-refractivity contribution is -0.130. The highest BCUT2D eigenvalue weighted by Crippen LogP contribution is 2.23. The molecule has 88 valence electrons. The van der Waals surface area contributed by atoms with Crippen molar-refractivity contribution in [3.63, 3.8) is 0 Å². The first-order valence-corrected chi connectivity index (χ1v) is 5.58. The average Bonchev–Trinajstić information content (AvgIpc) is 2.22. The minimum absolute atomic E-state index is 0.105. The molecule has 1 amide bonds. The summed E-state index contributed by atoms with van der Waals surface area (Å²) in [6.07, 6.45) is 0.452. The molecule has 0 saturated carbocycles. The van der Waals surface area contributed by atoms with Gasteiger partial charge >= 0.3 is 0 Å². The number of likely N-dealkylation sites (N-methyl/N-ethyl adjacent to an activating group) is 1. The SMILES string of the molecule is CN(C)C(=O)C(N)Cc1ccc(Cl)c(Cl)c1. The van der Waals surface area contributed by atoms with Crippen LogP contribution in [-0.2, 0) is 11.2 Å². The molecule has 2 N–H and O–H groups in total. The Morgan fingerprint density at radius 3 is 2.50 bits per heavy atom. The van der Waals surface area contributed by atoms with Crippen molar-refractivity contribution in [2.45, 2.75) is 12.5 Å². The van der Waals surface area contributed by atoms with E-state index in [4.69, 9.17) is 28.9 Å². The first-order valence-electron chi connectivity index (χ1n) is 4.82. The lowest BCUT2D eigenvalue weighted by Crippen LogP contribution is -2.41. The van der Waals surface area contributed by atoms with Crippen LogP contribution in [0.2, 0.25) is 10.0 Å². The molecule has 5 heteroatoms. The Morgan fingerprint density at radius 1 is 1.38 bits per heavy atom. The summed E-state index contributed by atoms with van der Waals surface area (Å²) in [5.74, 6) is -0.105. The van der Waals surface area contributed by atoms with Crippen LogP contribution in [0.1, 0.15) is 5.56 Å². The first-order chi connectivity index (χ1) is 7.41. The predicted octanol–water partition coefficient (Wildman–Crippen LogP) is 1.95. The van der Waals surface area contributed by atoms with E-state index < -0.39 is 6.04 Å². The van der Waals surface area contributed by atoms with Crippen molar-refractivity contribution in [2.24, 2.45) is 5.73 Å². The predicted molar refractivity (Wildman–Crippen MR) is 66.8 cm³/mol. The maximum atomic E-state index is 11.5. The third-order valence-electron chi connectivity index (χ3n) is 2.20. The zero-order valence-corrected chi connectivity index (χ0v) is 10.7. The van der Waals surface area contributed by atoms with Crippen LogP contribution in [0.4, 0.5) is 0 Å². The maximum absolute atomic E-state index is 11.5. The summed E-state index contributed by atoms with van der Waals surface area (Å²) in [4.78, 5) is 13.0. The van der Waals surface area contributed by atoms with Gasteiger partial charge in [0.25, 0.3) is 0 Å². The van der Waals surface area contributed by atoms with Crippen LogP contribution in [0, 0.1) is 0 Å². The van der Waals surface area contributed by atoms with E-state index in [0.29, 0.717) is 16.5 Å². The summed E-state index contributed by atoms with van der Waals surface area (Å²) in [6.45, 7) is 0. The summed E-state index contributed by atoms with van der Waals surface area (Å²) in [7, 11) is 3.36. The first kappa shape index (κ1) is 13.3. The summed E-state index contributed by atoms with van der Waals surface area (Å²) < 4.78 is 0. The fourth-order valence-electron chi connectivity index (χ4n) is 1.34. The highest BCUT2D eigenvalue weighted by molar-refractivity contribution is 6.42. The van der Waals surface area contributed by atoms with Gasteiger partial charge in [-0.2, -0.15) is 0 Å². The number of nitrogens with zero attached hydrogens (tertiary/aromatic N) is 1. The van der Waals surface area contributed by atoms with Crippen molar-refractivity contribution >= 4 is 29.1 Å². The van der Waals surface area contributed by atoms with Gasteiger partial charge < -0.3 is 10.6 Å². The molecule has 0 radical (unpaired) electrons. The van der Waals surface area contributed by atoms with Crippen molar-refractivity contribution in [3.05, 3.63) is 33.8 Å². The van der Waals surface area contributed by atoms with Gasteiger partial charge in [0.15, 0.2) is 0 Å². The van der Waals surface area contributed by atoms with Gasteiger partial charge in [-0.25, -0.2) is 0 Å². The van der Waals surface area contributed by atoms with Crippen LogP contribution in [0.3, 0.4) is 0 Å². The van der Waals surface area contributed by atoms with Gasteiger partial charge in [-0.3, -0.25) is 4.79 Å². The van der Waals surface area contributed by atoms with E-state index in [2.05, 4.69) is 0 Å². The normalized spacial score (nSPS) is 12.3. The lowest BCUT2D eigenvalue weighted by Gasteiger charge is -2.16. The second-order valence-electron chi connectivity index (χ2n) is 3.79. The molecular formula is C11H14Cl2N2O. The Balaban J connectivity index is 2.73. The van der Waals surface area contributed by atoms with Gasteiger partial charge in [-0.1, -0.05) is 29.3 Å². The van der Waals surface area contributed by atoms with E-state index in [1.54, 1.807) is 26.2 Å². The third-order valence-corrected chi connectivity index (χ3v) is 2.94. The number of hydrogen-bond acceptors (Lipinski definition) is 2. The summed E-state index contributed by atoms with van der Waals surface area (Å²) in [5.41, 5.74) is 6.67. The maximum Gasteiger partial charge on any atom is 0.239 e. The summed E-state index contributed by atoms with van der Waals surface area (Å²) in [5, 5.41) is 0.974. The molecule has 0 aromatic heterocycles. The number of carbonyl (C=O) groups is 1. The van der Waals surface area contributed by atoms with Gasteiger partial charge in [0, 0.05) is 14.1 Å². The Bertz CT molecular complexity index is 394. The number of amides is 1. The van der Waals surface area contributed by atoms with E-state index in [1.807, 2.05) is 6.07 Å². The van der Waals surface area contributed by atoms with E-state index in [-0.39, 0.29) is 5.91 Å². The Labute approximate surface area is 105 Å². The van der Waals surface area contributed by atoms with Crippen LogP contribution in [-0.4, -0.2) is 30.9 Å². The minimum Gasteiger partial charge on any atom is -0.347 e. The van der Waals surface area contributed by atoms with Crippen LogP contribution >= 0.6 is 23.2 Å². The van der Waals surface area contributed by atoms with Gasteiger partial charge in [0.05, 0.1) is 16.1 Å². The fourth-order valence-corrected chi connectivity index (χ4v) is 1.66. The van der Waals surface area contributed by atoms with Crippen molar-refractivity contribution < 1.29 is 4.79 Å². The molecule has 0 saturated heterocycles. The van der Waals surface area contributed by atoms with Crippen LogP contribution in [0.25, 0.3) is 0 Å². The molecule has 0 aliphatic carbocycles. The topological polar surface area (TPSA) is 46.3 Å². The van der Waals surface area contributed by atoms with Gasteiger partial charge in [0.1, 0.15) is 0 Å². The van der Waals surface area contributed by atoms with E-state index in [9.17, 15) is 4.79 Å². The summed E-state index contributed by atoms with van der Waals surface area (Å²) in [6, 6.07) is 4.70. The number of nitrogens with two attached hydrogens (primary N) is 1. The highest BCUT2D eigenvalue weighted by atomic mass is 35.5. The molecule has 0 aliphatic heterocycles. The van der Waals surface area contributed by atoms with E-state index in [0.717, 1.165) is 5.56 Å². The zero-order valence-electron chi connectivity index (χ0n) is 9.21. The van der Waals surface area contributed by atoms with Crippen LogP contribution in [0.5, 0.6) is 0 Å². The number of rotatable bonds is 3. The van der Waals surface area contributed by atoms with E-state index in [1.165, 1.54) is 4.90 Å². The molecule has 0 bridgehead atoms. The Kier molecular flexibility index (Phi) is 4.59. The molecule has 0 aliphatic rings. The number of benzene rings is 1. The van der Waals surface area contributed by atoms with Crippen molar-refractivity contribution in [2.75, 3.05) is 14.1 Å². The summed E-state index contributed by atoms with van der Waals surface area (Å²) >= 11 is 11.7. The van der Waals surface area contributed by atoms with E-state index >= 15 is 0 Å². The number of hydrogen-bond donors (Lipinski definition) is 1. The molecule has 0 fully saturated rings. The lowest BCUT2D eigenvalue weighted by atomic mass is 10.1. The molecule has 1 unspecified atom stereocenters. The van der Waals surface area contributed by atoms with Gasteiger partial charge in [-0.15, -0.1) is 0 Å². The van der Waals surface area contributed by atoms with Crippen molar-refractivity contribution in [1.29, 1.82) is 0 Å². The quantitative estimate of drug-likeness (QED) is 0.903. The van der Waals surface area contributed by atoms with Gasteiger partial charge in [-0.05, 0) is 24.1 Å². The Morgan fingerprint density at radius 2 is 2.00 bits per heavy atom. The Hall–Kier alpha value is -0.770. The largest absolute Gasteiger partial charge is 0.347 e. The fraction of sp³-hybridized carbons (Fsp3) is 0.364. The zero-order chi connectivity index (χ0) is 12.3. The van der Waals surface area contributed by atoms with Crippen molar-refractivity contribution in [1.82, 2.24) is 4.90 Å². The molecule has 0 spiro atoms. The molecule has 16 heavy (non-hydrogen) atoms. The van der Waals surface area contributed by atoms with Crippen molar-refractivity contribution in [3.8, 4) is 0 Å².